The molecule has 5 nitrogen and oxygen atoms in total. The highest BCUT2D eigenvalue weighted by atomic mass is 16.5. The third-order valence-corrected chi connectivity index (χ3v) is 3.96. The van der Waals surface area contributed by atoms with Crippen molar-refractivity contribution in [3.63, 3.8) is 0 Å². The molecule has 0 fully saturated rings. The molecule has 3 rings (SSSR count). The van der Waals surface area contributed by atoms with Gasteiger partial charge in [-0.25, -0.2) is 9.59 Å². The zero-order chi connectivity index (χ0) is 18.0. The summed E-state index contributed by atoms with van der Waals surface area (Å²) in [7, 11) is 3.86. The van der Waals surface area contributed by atoms with Crippen LogP contribution in [-0.2, 0) is 11.3 Å². The second kappa shape index (κ2) is 6.81. The fourth-order valence-electron chi connectivity index (χ4n) is 2.58. The highest BCUT2D eigenvalue weighted by Gasteiger charge is 2.11. The van der Waals surface area contributed by atoms with E-state index in [0.29, 0.717) is 16.7 Å². The molecule has 0 bridgehead atoms. The summed E-state index contributed by atoms with van der Waals surface area (Å²) in [6.07, 6.45) is 0. The van der Waals surface area contributed by atoms with E-state index in [0.717, 1.165) is 16.6 Å². The second-order valence-corrected chi connectivity index (χ2v) is 6.11. The molecule has 0 aliphatic carbocycles. The number of hydrogen-bond donors (Lipinski definition) is 0. The van der Waals surface area contributed by atoms with E-state index in [2.05, 4.69) is 0 Å². The Morgan fingerprint density at radius 3 is 2.48 bits per heavy atom. The number of rotatable bonds is 4. The third kappa shape index (κ3) is 3.71. The van der Waals surface area contributed by atoms with Crippen molar-refractivity contribution in [3.05, 3.63) is 75.6 Å². The van der Waals surface area contributed by atoms with Crippen molar-refractivity contribution < 1.29 is 13.9 Å². The molecule has 0 radical (unpaired) electrons. The van der Waals surface area contributed by atoms with Gasteiger partial charge in [0.15, 0.2) is 0 Å². The predicted molar refractivity (Wildman–Crippen MR) is 97.1 cm³/mol. The molecule has 0 unspecified atom stereocenters. The number of nitrogens with zero attached hydrogens (tertiary/aromatic N) is 1. The quantitative estimate of drug-likeness (QED) is 0.538. The Morgan fingerprint density at radius 1 is 1.08 bits per heavy atom. The van der Waals surface area contributed by atoms with Crippen LogP contribution in [0.5, 0.6) is 0 Å². The Hall–Kier alpha value is -3.08. The van der Waals surface area contributed by atoms with Crippen molar-refractivity contribution in [1.29, 1.82) is 0 Å². The van der Waals surface area contributed by atoms with E-state index < -0.39 is 11.6 Å². The number of carbonyl (C=O) groups excluding carboxylic acids is 1. The number of benzene rings is 2. The zero-order valence-electron chi connectivity index (χ0n) is 14.4. The van der Waals surface area contributed by atoms with E-state index in [9.17, 15) is 9.59 Å². The summed E-state index contributed by atoms with van der Waals surface area (Å²) in [5.41, 5.74) is 3.12. The minimum absolute atomic E-state index is 0.0133. The number of anilines is 1. The first-order valence-electron chi connectivity index (χ1n) is 7.92. The van der Waals surface area contributed by atoms with E-state index in [1.807, 2.05) is 50.2 Å². The van der Waals surface area contributed by atoms with E-state index >= 15 is 0 Å². The Balaban J connectivity index is 1.80. The van der Waals surface area contributed by atoms with Gasteiger partial charge in [0.25, 0.3) is 0 Å². The van der Waals surface area contributed by atoms with Gasteiger partial charge in [0, 0.05) is 36.8 Å². The number of ether oxygens (including phenoxy) is 1. The lowest BCUT2D eigenvalue weighted by Crippen LogP contribution is -2.10. The number of aryl methyl sites for hydroxylation is 1. The molecule has 0 saturated heterocycles. The largest absolute Gasteiger partial charge is 0.457 e. The van der Waals surface area contributed by atoms with Crippen LogP contribution in [0.1, 0.15) is 21.5 Å². The van der Waals surface area contributed by atoms with Crippen molar-refractivity contribution in [2.45, 2.75) is 13.5 Å². The molecule has 25 heavy (non-hydrogen) atoms. The van der Waals surface area contributed by atoms with Gasteiger partial charge in [0.2, 0.25) is 0 Å². The van der Waals surface area contributed by atoms with E-state index in [-0.39, 0.29) is 6.61 Å². The molecular weight excluding hydrogens is 318 g/mol. The highest BCUT2D eigenvalue weighted by molar-refractivity contribution is 5.90. The van der Waals surface area contributed by atoms with E-state index in [4.69, 9.17) is 9.15 Å². The fourth-order valence-corrected chi connectivity index (χ4v) is 2.58. The van der Waals surface area contributed by atoms with Gasteiger partial charge in [-0.05, 0) is 42.8 Å². The Bertz CT molecular complexity index is 971. The average molecular weight is 337 g/mol. The molecule has 0 spiro atoms. The smallest absolute Gasteiger partial charge is 0.338 e. The molecule has 0 aliphatic rings. The number of fused-ring (bicyclic) bond motifs is 1. The predicted octanol–water partition coefficient (Wildman–Crippen LogP) is 3.52. The van der Waals surface area contributed by atoms with E-state index in [1.165, 1.54) is 6.07 Å². The molecule has 2 aromatic carbocycles. The maximum atomic E-state index is 12.2. The molecule has 1 heterocycles. The van der Waals surface area contributed by atoms with Crippen molar-refractivity contribution >= 4 is 22.6 Å². The van der Waals surface area contributed by atoms with Crippen molar-refractivity contribution in [2.75, 3.05) is 19.0 Å². The summed E-state index contributed by atoms with van der Waals surface area (Å²) in [6.45, 7) is 1.93. The first-order valence-corrected chi connectivity index (χ1v) is 7.92. The molecule has 0 saturated carbocycles. The molecule has 128 valence electrons. The molecular formula is C20H19NO4. The molecule has 3 aromatic rings. The van der Waals surface area contributed by atoms with Gasteiger partial charge < -0.3 is 14.1 Å². The highest BCUT2D eigenvalue weighted by Crippen LogP contribution is 2.20. The van der Waals surface area contributed by atoms with Crippen LogP contribution < -0.4 is 10.5 Å². The van der Waals surface area contributed by atoms with Gasteiger partial charge in [-0.2, -0.15) is 0 Å². The normalized spacial score (nSPS) is 10.7. The average Bonchev–Trinajstić information content (AvgIpc) is 2.58. The lowest BCUT2D eigenvalue weighted by atomic mass is 10.1. The molecule has 0 atom stereocenters. The molecule has 1 aromatic heterocycles. The van der Waals surface area contributed by atoms with Crippen LogP contribution in [-0.4, -0.2) is 20.1 Å². The Kier molecular flexibility index (Phi) is 4.57. The Labute approximate surface area is 145 Å². The number of esters is 1. The zero-order valence-corrected chi connectivity index (χ0v) is 14.4. The summed E-state index contributed by atoms with van der Waals surface area (Å²) >= 11 is 0. The maximum absolute atomic E-state index is 12.2. The Morgan fingerprint density at radius 2 is 1.80 bits per heavy atom. The molecule has 0 N–H and O–H groups in total. The van der Waals surface area contributed by atoms with Crippen molar-refractivity contribution in [1.82, 2.24) is 0 Å². The monoisotopic (exact) mass is 337 g/mol. The van der Waals surface area contributed by atoms with E-state index in [1.54, 1.807) is 18.2 Å². The minimum atomic E-state index is -0.459. The summed E-state index contributed by atoms with van der Waals surface area (Å²) in [5.74, 6) is -0.432. The fraction of sp³-hybridized carbons (Fsp3) is 0.200. The van der Waals surface area contributed by atoms with Crippen LogP contribution in [0.4, 0.5) is 5.69 Å². The van der Waals surface area contributed by atoms with Gasteiger partial charge in [0.1, 0.15) is 12.2 Å². The van der Waals surface area contributed by atoms with Gasteiger partial charge >= 0.3 is 11.6 Å². The summed E-state index contributed by atoms with van der Waals surface area (Å²) in [5, 5.41) is 0.765. The van der Waals surface area contributed by atoms with Gasteiger partial charge in [-0.3, -0.25) is 0 Å². The third-order valence-electron chi connectivity index (χ3n) is 3.96. The molecule has 0 aliphatic heterocycles. The summed E-state index contributed by atoms with van der Waals surface area (Å²) < 4.78 is 10.6. The van der Waals surface area contributed by atoms with Crippen LogP contribution in [0.2, 0.25) is 0 Å². The molecule has 0 amide bonds. The van der Waals surface area contributed by atoms with Crippen LogP contribution in [0.3, 0.4) is 0 Å². The number of hydrogen-bond acceptors (Lipinski definition) is 5. The summed E-state index contributed by atoms with van der Waals surface area (Å²) in [6, 6.07) is 14.1. The second-order valence-electron chi connectivity index (χ2n) is 6.11. The van der Waals surface area contributed by atoms with Crippen molar-refractivity contribution in [2.24, 2.45) is 0 Å². The standard InChI is InChI=1S/C20H19NO4/c1-13-4-9-17-15(11-19(22)25-18(17)10-13)12-24-20(23)14-5-7-16(8-6-14)21(2)3/h4-11H,12H2,1-3H3. The lowest BCUT2D eigenvalue weighted by Gasteiger charge is -2.12. The first kappa shape index (κ1) is 16.8. The van der Waals surface area contributed by atoms with Crippen molar-refractivity contribution in [3.8, 4) is 0 Å². The minimum Gasteiger partial charge on any atom is -0.457 e. The van der Waals surface area contributed by atoms with Gasteiger partial charge in [-0.1, -0.05) is 12.1 Å². The van der Waals surface area contributed by atoms with Gasteiger partial charge in [-0.15, -0.1) is 0 Å². The lowest BCUT2D eigenvalue weighted by molar-refractivity contribution is 0.0474. The summed E-state index contributed by atoms with van der Waals surface area (Å²) in [4.78, 5) is 25.9. The first-order chi connectivity index (χ1) is 11.9. The van der Waals surface area contributed by atoms with Crippen LogP contribution in [0.15, 0.2) is 57.7 Å². The SMILES string of the molecule is Cc1ccc2c(COC(=O)c3ccc(N(C)C)cc3)cc(=O)oc2c1. The van der Waals surface area contributed by atoms with Crippen LogP contribution >= 0.6 is 0 Å². The molecule has 5 heteroatoms. The number of carbonyl (C=O) groups is 1. The maximum Gasteiger partial charge on any atom is 0.338 e. The topological polar surface area (TPSA) is 59.8 Å². The van der Waals surface area contributed by atoms with Crippen LogP contribution in [0.25, 0.3) is 11.0 Å². The van der Waals surface area contributed by atoms with Crippen LogP contribution in [0, 0.1) is 6.92 Å². The van der Waals surface area contributed by atoms with Gasteiger partial charge in [0.05, 0.1) is 5.56 Å².